The lowest BCUT2D eigenvalue weighted by Gasteiger charge is -2.28. The Morgan fingerprint density at radius 2 is 1.95 bits per heavy atom. The topological polar surface area (TPSA) is 55.3 Å². The second kappa shape index (κ2) is 6.20. The van der Waals surface area contributed by atoms with Crippen LogP contribution in [-0.2, 0) is 6.54 Å². The molecule has 1 aromatic carbocycles. The fraction of sp³-hybridized carbons (Fsp3) is 0.438. The predicted molar refractivity (Wildman–Crippen MR) is 81.1 cm³/mol. The van der Waals surface area contributed by atoms with Gasteiger partial charge >= 0.3 is 0 Å². The minimum Gasteiger partial charge on any atom is -0.356 e. The van der Waals surface area contributed by atoms with E-state index in [4.69, 9.17) is 10.3 Å². The molecule has 2 aromatic rings. The Bertz CT molecular complexity index is 534. The molecule has 0 aliphatic heterocycles. The van der Waals surface area contributed by atoms with E-state index in [1.807, 2.05) is 36.4 Å². The SMILES string of the molecule is CN(Cc1cc(-c2ccccc2)on1)CC(C)(C)CN. The molecule has 1 aromatic heterocycles. The summed E-state index contributed by atoms with van der Waals surface area (Å²) < 4.78 is 5.41. The molecule has 0 bridgehead atoms. The van der Waals surface area contributed by atoms with Gasteiger partial charge < -0.3 is 10.3 Å². The molecule has 4 nitrogen and oxygen atoms in total. The summed E-state index contributed by atoms with van der Waals surface area (Å²) in [6.45, 7) is 6.70. The van der Waals surface area contributed by atoms with E-state index in [2.05, 4.69) is 31.0 Å². The second-order valence-corrected chi connectivity index (χ2v) is 6.09. The van der Waals surface area contributed by atoms with E-state index in [9.17, 15) is 0 Å². The van der Waals surface area contributed by atoms with Crippen LogP contribution in [0.1, 0.15) is 19.5 Å². The maximum absolute atomic E-state index is 5.77. The van der Waals surface area contributed by atoms with Gasteiger partial charge in [-0.15, -0.1) is 0 Å². The molecule has 20 heavy (non-hydrogen) atoms. The van der Waals surface area contributed by atoms with Crippen molar-refractivity contribution in [3.05, 3.63) is 42.1 Å². The lowest BCUT2D eigenvalue weighted by atomic mass is 9.93. The molecule has 0 aliphatic rings. The molecule has 0 atom stereocenters. The zero-order valence-corrected chi connectivity index (χ0v) is 12.5. The Kier molecular flexibility index (Phi) is 4.57. The molecule has 0 aliphatic carbocycles. The molecular weight excluding hydrogens is 250 g/mol. The van der Waals surface area contributed by atoms with Gasteiger partial charge in [0.15, 0.2) is 5.76 Å². The van der Waals surface area contributed by atoms with Gasteiger partial charge in [-0.1, -0.05) is 49.3 Å². The van der Waals surface area contributed by atoms with E-state index < -0.39 is 0 Å². The number of aromatic nitrogens is 1. The van der Waals surface area contributed by atoms with Crippen molar-refractivity contribution in [3.63, 3.8) is 0 Å². The lowest BCUT2D eigenvalue weighted by molar-refractivity contribution is 0.205. The van der Waals surface area contributed by atoms with Crippen molar-refractivity contribution < 1.29 is 4.52 Å². The van der Waals surface area contributed by atoms with Crippen molar-refractivity contribution in [2.45, 2.75) is 20.4 Å². The number of rotatable bonds is 6. The molecule has 0 fully saturated rings. The number of nitrogens with zero attached hydrogens (tertiary/aromatic N) is 2. The van der Waals surface area contributed by atoms with Gasteiger partial charge in [0, 0.05) is 24.7 Å². The van der Waals surface area contributed by atoms with Gasteiger partial charge in [0.25, 0.3) is 0 Å². The van der Waals surface area contributed by atoms with E-state index in [0.29, 0.717) is 6.54 Å². The van der Waals surface area contributed by atoms with Crippen LogP contribution < -0.4 is 5.73 Å². The Balaban J connectivity index is 2.00. The Hall–Kier alpha value is -1.65. The van der Waals surface area contributed by atoms with Crippen molar-refractivity contribution in [2.24, 2.45) is 11.1 Å². The third-order valence-corrected chi connectivity index (χ3v) is 3.30. The quantitative estimate of drug-likeness (QED) is 0.879. The average molecular weight is 273 g/mol. The Morgan fingerprint density at radius 3 is 2.60 bits per heavy atom. The molecule has 0 saturated heterocycles. The molecule has 108 valence electrons. The summed E-state index contributed by atoms with van der Waals surface area (Å²) >= 11 is 0. The number of hydrogen-bond donors (Lipinski definition) is 1. The normalized spacial score (nSPS) is 12.1. The molecule has 2 N–H and O–H groups in total. The summed E-state index contributed by atoms with van der Waals surface area (Å²) in [6, 6.07) is 12.0. The molecule has 0 radical (unpaired) electrons. The Labute approximate surface area is 120 Å². The standard InChI is InChI=1S/C16H23N3O/c1-16(2,11-17)12-19(3)10-14-9-15(20-18-14)13-7-5-4-6-8-13/h4-9H,10-12,17H2,1-3H3. The first-order valence-corrected chi connectivity index (χ1v) is 6.90. The van der Waals surface area contributed by atoms with Gasteiger partial charge in [-0.05, 0) is 19.0 Å². The highest BCUT2D eigenvalue weighted by molar-refractivity contribution is 5.56. The summed E-state index contributed by atoms with van der Waals surface area (Å²) in [5.74, 6) is 0.812. The summed E-state index contributed by atoms with van der Waals surface area (Å²) in [6.07, 6.45) is 0. The van der Waals surface area contributed by atoms with E-state index in [0.717, 1.165) is 30.1 Å². The number of nitrogens with two attached hydrogens (primary N) is 1. The van der Waals surface area contributed by atoms with Crippen molar-refractivity contribution in [1.29, 1.82) is 0 Å². The fourth-order valence-corrected chi connectivity index (χ4v) is 2.25. The van der Waals surface area contributed by atoms with Crippen molar-refractivity contribution in [1.82, 2.24) is 10.1 Å². The van der Waals surface area contributed by atoms with Crippen molar-refractivity contribution >= 4 is 0 Å². The van der Waals surface area contributed by atoms with Gasteiger partial charge in [-0.2, -0.15) is 0 Å². The summed E-state index contributed by atoms with van der Waals surface area (Å²) in [4.78, 5) is 2.22. The van der Waals surface area contributed by atoms with Gasteiger partial charge in [-0.3, -0.25) is 4.90 Å². The number of hydrogen-bond acceptors (Lipinski definition) is 4. The first-order chi connectivity index (χ1) is 9.50. The van der Waals surface area contributed by atoms with Crippen LogP contribution in [0.15, 0.2) is 40.9 Å². The molecule has 4 heteroatoms. The van der Waals surface area contributed by atoms with Crippen molar-refractivity contribution in [3.8, 4) is 11.3 Å². The Morgan fingerprint density at radius 1 is 1.25 bits per heavy atom. The average Bonchev–Trinajstić information content (AvgIpc) is 2.87. The monoisotopic (exact) mass is 273 g/mol. The van der Waals surface area contributed by atoms with Gasteiger partial charge in [0.05, 0.1) is 5.69 Å². The van der Waals surface area contributed by atoms with E-state index in [1.54, 1.807) is 0 Å². The van der Waals surface area contributed by atoms with E-state index in [-0.39, 0.29) is 5.41 Å². The molecule has 2 rings (SSSR count). The number of benzene rings is 1. The zero-order valence-electron chi connectivity index (χ0n) is 12.5. The van der Waals surface area contributed by atoms with Gasteiger partial charge in [0.2, 0.25) is 0 Å². The highest BCUT2D eigenvalue weighted by Gasteiger charge is 2.19. The molecule has 0 spiro atoms. The maximum Gasteiger partial charge on any atom is 0.167 e. The van der Waals surface area contributed by atoms with Crippen LogP contribution in [0.3, 0.4) is 0 Å². The van der Waals surface area contributed by atoms with Crippen molar-refractivity contribution in [2.75, 3.05) is 20.1 Å². The van der Waals surface area contributed by atoms with Crippen LogP contribution in [0, 0.1) is 5.41 Å². The van der Waals surface area contributed by atoms with Gasteiger partial charge in [-0.25, -0.2) is 0 Å². The highest BCUT2D eigenvalue weighted by Crippen LogP contribution is 2.21. The summed E-state index contributed by atoms with van der Waals surface area (Å²) in [7, 11) is 2.08. The van der Waals surface area contributed by atoms with Crippen LogP contribution >= 0.6 is 0 Å². The zero-order chi connectivity index (χ0) is 14.6. The summed E-state index contributed by atoms with van der Waals surface area (Å²) in [5, 5.41) is 4.14. The third kappa shape index (κ3) is 3.92. The highest BCUT2D eigenvalue weighted by atomic mass is 16.5. The fourth-order valence-electron chi connectivity index (χ4n) is 2.25. The smallest absolute Gasteiger partial charge is 0.167 e. The maximum atomic E-state index is 5.77. The van der Waals surface area contributed by atoms with Crippen LogP contribution in [0.2, 0.25) is 0 Å². The summed E-state index contributed by atoms with van der Waals surface area (Å²) in [5.41, 5.74) is 7.87. The second-order valence-electron chi connectivity index (χ2n) is 6.09. The predicted octanol–water partition coefficient (Wildman–Crippen LogP) is 2.76. The first-order valence-electron chi connectivity index (χ1n) is 6.90. The minimum absolute atomic E-state index is 0.112. The molecule has 0 amide bonds. The van der Waals surface area contributed by atoms with E-state index >= 15 is 0 Å². The van der Waals surface area contributed by atoms with E-state index in [1.165, 1.54) is 0 Å². The molecule has 0 unspecified atom stereocenters. The van der Waals surface area contributed by atoms with Crippen LogP contribution in [0.5, 0.6) is 0 Å². The van der Waals surface area contributed by atoms with Gasteiger partial charge in [0.1, 0.15) is 0 Å². The van der Waals surface area contributed by atoms with Crippen LogP contribution in [-0.4, -0.2) is 30.2 Å². The lowest BCUT2D eigenvalue weighted by Crippen LogP contribution is -2.36. The molecule has 0 saturated carbocycles. The molecular formula is C16H23N3O. The van der Waals surface area contributed by atoms with Crippen LogP contribution in [0.4, 0.5) is 0 Å². The first kappa shape index (κ1) is 14.8. The molecule has 1 heterocycles. The largest absolute Gasteiger partial charge is 0.356 e. The van der Waals surface area contributed by atoms with Crippen LogP contribution in [0.25, 0.3) is 11.3 Å². The third-order valence-electron chi connectivity index (χ3n) is 3.30. The minimum atomic E-state index is 0.112.